The van der Waals surface area contributed by atoms with E-state index in [1.807, 2.05) is 42.5 Å². The van der Waals surface area contributed by atoms with Gasteiger partial charge in [-0.15, -0.1) is 0 Å². The van der Waals surface area contributed by atoms with Gasteiger partial charge < -0.3 is 16.0 Å². The number of hydrogen-bond acceptors (Lipinski definition) is 5. The zero-order chi connectivity index (χ0) is 21.8. The van der Waals surface area contributed by atoms with E-state index < -0.39 is 0 Å². The van der Waals surface area contributed by atoms with Crippen LogP contribution in [0.25, 0.3) is 10.9 Å². The summed E-state index contributed by atoms with van der Waals surface area (Å²) in [4.78, 5) is 17.3. The zero-order valence-corrected chi connectivity index (χ0v) is 17.8. The number of pyridine rings is 1. The average Bonchev–Trinajstić information content (AvgIpc) is 3.22. The minimum atomic E-state index is -0.223. The molecule has 4 rings (SSSR count). The summed E-state index contributed by atoms with van der Waals surface area (Å²) in [5.74, 6) is 0.268. The summed E-state index contributed by atoms with van der Waals surface area (Å²) in [6.45, 7) is 6.37. The molecule has 7 heteroatoms. The molecule has 0 spiro atoms. The first-order chi connectivity index (χ1) is 15.0. The fraction of sp³-hybridized carbons (Fsp3) is 0.208. The number of anilines is 3. The number of aromatic nitrogens is 3. The second kappa shape index (κ2) is 8.97. The van der Waals surface area contributed by atoms with Crippen molar-refractivity contribution in [1.29, 1.82) is 0 Å². The molecule has 0 saturated heterocycles. The summed E-state index contributed by atoms with van der Waals surface area (Å²) in [6.07, 6.45) is 3.43. The molecule has 4 N–H and O–H groups in total. The maximum absolute atomic E-state index is 12.9. The molecule has 0 radical (unpaired) electrons. The molecule has 1 atom stereocenters. The number of aromatic amines is 1. The molecule has 0 bridgehead atoms. The van der Waals surface area contributed by atoms with Crippen LogP contribution in [0.15, 0.2) is 67.0 Å². The van der Waals surface area contributed by atoms with E-state index in [0.29, 0.717) is 17.4 Å². The second-order valence-corrected chi connectivity index (χ2v) is 7.82. The van der Waals surface area contributed by atoms with Crippen LogP contribution in [0.4, 0.5) is 17.2 Å². The first-order valence-corrected chi connectivity index (χ1v) is 10.3. The minimum absolute atomic E-state index is 0.223. The fourth-order valence-corrected chi connectivity index (χ4v) is 3.49. The van der Waals surface area contributed by atoms with Crippen LogP contribution >= 0.6 is 0 Å². The average molecular weight is 415 g/mol. The van der Waals surface area contributed by atoms with Crippen molar-refractivity contribution in [1.82, 2.24) is 20.5 Å². The lowest BCUT2D eigenvalue weighted by atomic mass is 10.1. The van der Waals surface area contributed by atoms with Crippen molar-refractivity contribution < 1.29 is 4.79 Å². The molecule has 0 unspecified atom stereocenters. The molecule has 1 amide bonds. The highest BCUT2D eigenvalue weighted by Gasteiger charge is 2.14. The highest BCUT2D eigenvalue weighted by atomic mass is 16.1. The summed E-state index contributed by atoms with van der Waals surface area (Å²) in [6, 6.07) is 17.9. The lowest BCUT2D eigenvalue weighted by Gasteiger charge is -2.17. The first-order valence-electron chi connectivity index (χ1n) is 10.3. The van der Waals surface area contributed by atoms with Crippen molar-refractivity contribution >= 4 is 34.0 Å². The Morgan fingerprint density at radius 3 is 2.55 bits per heavy atom. The van der Waals surface area contributed by atoms with Crippen LogP contribution in [-0.4, -0.2) is 27.1 Å². The SMILES string of the molecule is CC(C)N[C@@H](C)c1ccc(NC(=O)c2cccnc2Nc2ccc3cn[nH]c3c2)cc1. The lowest BCUT2D eigenvalue weighted by Crippen LogP contribution is -2.26. The highest BCUT2D eigenvalue weighted by molar-refractivity contribution is 6.07. The molecule has 0 aliphatic carbocycles. The number of hydrogen-bond donors (Lipinski definition) is 4. The van der Waals surface area contributed by atoms with Gasteiger partial charge in [0.2, 0.25) is 0 Å². The van der Waals surface area contributed by atoms with Crippen molar-refractivity contribution in [2.75, 3.05) is 10.6 Å². The number of fused-ring (bicyclic) bond motifs is 1. The van der Waals surface area contributed by atoms with Crippen molar-refractivity contribution in [3.05, 3.63) is 78.1 Å². The Balaban J connectivity index is 1.49. The van der Waals surface area contributed by atoms with Crippen LogP contribution < -0.4 is 16.0 Å². The smallest absolute Gasteiger partial charge is 0.259 e. The molecule has 0 fully saturated rings. The third kappa shape index (κ3) is 4.90. The number of benzene rings is 2. The van der Waals surface area contributed by atoms with Gasteiger partial charge >= 0.3 is 0 Å². The van der Waals surface area contributed by atoms with Crippen molar-refractivity contribution in [3.63, 3.8) is 0 Å². The maximum atomic E-state index is 12.9. The molecule has 158 valence electrons. The van der Waals surface area contributed by atoms with E-state index in [2.05, 4.69) is 51.9 Å². The van der Waals surface area contributed by atoms with Crippen LogP contribution in [0, 0.1) is 0 Å². The van der Waals surface area contributed by atoms with Crippen molar-refractivity contribution in [2.45, 2.75) is 32.9 Å². The number of H-pyrrole nitrogens is 1. The number of amides is 1. The van der Waals surface area contributed by atoms with Crippen LogP contribution in [0.1, 0.15) is 42.7 Å². The number of carbonyl (C=O) groups excluding carboxylic acids is 1. The molecule has 0 aliphatic heterocycles. The molecule has 2 heterocycles. The van der Waals surface area contributed by atoms with E-state index >= 15 is 0 Å². The summed E-state index contributed by atoms with van der Waals surface area (Å²) >= 11 is 0. The van der Waals surface area contributed by atoms with E-state index in [1.165, 1.54) is 5.56 Å². The maximum Gasteiger partial charge on any atom is 0.259 e. The van der Waals surface area contributed by atoms with Crippen LogP contribution in [0.2, 0.25) is 0 Å². The molecular weight excluding hydrogens is 388 g/mol. The van der Waals surface area contributed by atoms with Gasteiger partial charge in [0.1, 0.15) is 5.82 Å². The molecule has 31 heavy (non-hydrogen) atoms. The fourth-order valence-electron chi connectivity index (χ4n) is 3.49. The monoisotopic (exact) mass is 414 g/mol. The molecule has 7 nitrogen and oxygen atoms in total. The van der Waals surface area contributed by atoms with E-state index in [1.54, 1.807) is 24.5 Å². The lowest BCUT2D eigenvalue weighted by molar-refractivity contribution is 0.102. The predicted octanol–water partition coefficient (Wildman–Crippen LogP) is 5.01. The van der Waals surface area contributed by atoms with E-state index in [-0.39, 0.29) is 11.9 Å². The Hall–Kier alpha value is -3.71. The Bertz CT molecular complexity index is 1180. The normalized spacial score (nSPS) is 12.1. The predicted molar refractivity (Wildman–Crippen MR) is 125 cm³/mol. The van der Waals surface area contributed by atoms with Gasteiger partial charge in [0.05, 0.1) is 17.3 Å². The van der Waals surface area contributed by atoms with Gasteiger partial charge in [-0.2, -0.15) is 5.10 Å². The molecule has 4 aromatic rings. The molecule has 0 saturated carbocycles. The van der Waals surface area contributed by atoms with Crippen molar-refractivity contribution in [3.8, 4) is 0 Å². The Morgan fingerprint density at radius 1 is 1.00 bits per heavy atom. The quantitative estimate of drug-likeness (QED) is 0.341. The number of nitrogens with zero attached hydrogens (tertiary/aromatic N) is 2. The summed E-state index contributed by atoms with van der Waals surface area (Å²) in [5, 5.41) is 17.7. The van der Waals surface area contributed by atoms with Gasteiger partial charge in [-0.1, -0.05) is 26.0 Å². The third-order valence-corrected chi connectivity index (χ3v) is 5.01. The van der Waals surface area contributed by atoms with Crippen LogP contribution in [0.3, 0.4) is 0 Å². The largest absolute Gasteiger partial charge is 0.340 e. The van der Waals surface area contributed by atoms with Crippen molar-refractivity contribution in [2.24, 2.45) is 0 Å². The zero-order valence-electron chi connectivity index (χ0n) is 17.8. The Labute approximate surface area is 181 Å². The highest BCUT2D eigenvalue weighted by Crippen LogP contribution is 2.23. The van der Waals surface area contributed by atoms with Crippen LogP contribution in [-0.2, 0) is 0 Å². The van der Waals surface area contributed by atoms with E-state index in [0.717, 1.165) is 22.3 Å². The second-order valence-electron chi connectivity index (χ2n) is 7.82. The van der Waals surface area contributed by atoms with E-state index in [9.17, 15) is 4.79 Å². The number of carbonyl (C=O) groups is 1. The minimum Gasteiger partial charge on any atom is -0.340 e. The number of rotatable bonds is 7. The molecular formula is C24H26N6O. The number of nitrogens with one attached hydrogen (secondary N) is 4. The molecule has 2 aromatic heterocycles. The summed E-state index contributed by atoms with van der Waals surface area (Å²) in [7, 11) is 0. The van der Waals surface area contributed by atoms with Gasteiger partial charge in [-0.25, -0.2) is 4.98 Å². The Kier molecular flexibility index (Phi) is 5.95. The topological polar surface area (TPSA) is 94.7 Å². The van der Waals surface area contributed by atoms with Gasteiger partial charge in [-0.05, 0) is 55.0 Å². The molecule has 2 aromatic carbocycles. The first kappa shape index (κ1) is 20.6. The van der Waals surface area contributed by atoms with Gasteiger partial charge in [0.25, 0.3) is 5.91 Å². The Morgan fingerprint density at radius 2 is 1.77 bits per heavy atom. The third-order valence-electron chi connectivity index (χ3n) is 5.01. The molecule has 0 aliphatic rings. The van der Waals surface area contributed by atoms with Gasteiger partial charge in [-0.3, -0.25) is 9.89 Å². The standard InChI is InChI=1S/C24H26N6O/c1-15(2)27-16(3)17-6-9-19(10-7-17)29-24(31)21-5-4-12-25-23(21)28-20-11-8-18-14-26-30-22(18)13-20/h4-16,27H,1-3H3,(H,25,28)(H,26,30)(H,29,31)/t16-/m0/s1. The van der Waals surface area contributed by atoms with Gasteiger partial charge in [0, 0.05) is 35.0 Å². The van der Waals surface area contributed by atoms with Crippen LogP contribution in [0.5, 0.6) is 0 Å². The summed E-state index contributed by atoms with van der Waals surface area (Å²) < 4.78 is 0. The van der Waals surface area contributed by atoms with E-state index in [4.69, 9.17) is 0 Å². The van der Waals surface area contributed by atoms with Gasteiger partial charge in [0.15, 0.2) is 0 Å². The summed E-state index contributed by atoms with van der Waals surface area (Å²) in [5.41, 5.74) is 4.10.